The first-order valence-corrected chi connectivity index (χ1v) is 10.6. The molecule has 0 amide bonds. The quantitative estimate of drug-likeness (QED) is 0.589. The van der Waals surface area contributed by atoms with E-state index in [1.807, 2.05) is 36.4 Å². The summed E-state index contributed by atoms with van der Waals surface area (Å²) in [5.74, 6) is 0.601. The fourth-order valence-electron chi connectivity index (χ4n) is 2.81. The third kappa shape index (κ3) is 4.45. The van der Waals surface area contributed by atoms with Crippen LogP contribution in [0.15, 0.2) is 57.8 Å². The maximum atomic E-state index is 12.6. The Morgan fingerprint density at radius 3 is 2.57 bits per heavy atom. The summed E-state index contributed by atoms with van der Waals surface area (Å²) >= 11 is 0. The van der Waals surface area contributed by atoms with Crippen LogP contribution in [0.1, 0.15) is 11.3 Å². The van der Waals surface area contributed by atoms with E-state index in [0.717, 1.165) is 16.3 Å². The Morgan fingerprint density at radius 2 is 1.93 bits per heavy atom. The van der Waals surface area contributed by atoms with E-state index in [1.165, 1.54) is 33.3 Å². The maximum Gasteiger partial charge on any atom is 0.246 e. The number of sulfonamides is 1. The summed E-state index contributed by atoms with van der Waals surface area (Å²) in [6, 6.07) is 16.5. The van der Waals surface area contributed by atoms with Gasteiger partial charge in [-0.05, 0) is 30.2 Å². The lowest BCUT2D eigenvalue weighted by Gasteiger charge is -2.15. The third-order valence-electron chi connectivity index (χ3n) is 4.44. The van der Waals surface area contributed by atoms with E-state index in [1.54, 1.807) is 6.07 Å². The van der Waals surface area contributed by atoms with Gasteiger partial charge in [0.05, 0.1) is 7.11 Å². The van der Waals surface area contributed by atoms with Crippen molar-refractivity contribution in [2.75, 3.05) is 33.1 Å². The highest BCUT2D eigenvalue weighted by Crippen LogP contribution is 2.32. The summed E-state index contributed by atoms with van der Waals surface area (Å²) in [6.45, 7) is 0.552. The van der Waals surface area contributed by atoms with Gasteiger partial charge >= 0.3 is 0 Å². The summed E-state index contributed by atoms with van der Waals surface area (Å²) in [5, 5.41) is 12.5. The fraction of sp³-hybridized carbons (Fsp3) is 0.238. The molecule has 3 aromatic rings. The zero-order chi connectivity index (χ0) is 21.7. The van der Waals surface area contributed by atoms with Crippen LogP contribution in [0, 0.1) is 11.3 Å². The van der Waals surface area contributed by atoms with Crippen molar-refractivity contribution < 1.29 is 17.6 Å². The largest absolute Gasteiger partial charge is 0.495 e. The van der Waals surface area contributed by atoms with Crippen molar-refractivity contribution in [3.8, 4) is 23.3 Å². The minimum Gasteiger partial charge on any atom is -0.495 e. The second kappa shape index (κ2) is 8.98. The summed E-state index contributed by atoms with van der Waals surface area (Å²) < 4.78 is 37.3. The smallest absolute Gasteiger partial charge is 0.246 e. The Hall–Kier alpha value is -3.35. The van der Waals surface area contributed by atoms with Gasteiger partial charge in [-0.3, -0.25) is 0 Å². The van der Waals surface area contributed by atoms with Crippen LogP contribution in [0.25, 0.3) is 11.5 Å². The molecule has 1 aromatic heterocycles. The Balaban J connectivity index is 1.88. The van der Waals surface area contributed by atoms with Crippen molar-refractivity contribution in [2.24, 2.45) is 0 Å². The molecular weight excluding hydrogens is 404 g/mol. The van der Waals surface area contributed by atoms with Gasteiger partial charge < -0.3 is 14.5 Å². The molecular formula is C21H22N4O4S. The number of rotatable bonds is 8. The van der Waals surface area contributed by atoms with Gasteiger partial charge in [0.15, 0.2) is 0 Å². The lowest BCUT2D eigenvalue weighted by molar-refractivity contribution is 0.400. The van der Waals surface area contributed by atoms with E-state index in [-0.39, 0.29) is 28.1 Å². The minimum atomic E-state index is -3.75. The summed E-state index contributed by atoms with van der Waals surface area (Å²) in [4.78, 5) is 4.20. The Bertz CT molecular complexity index is 1170. The second-order valence-electron chi connectivity index (χ2n) is 6.62. The molecule has 0 unspecified atom stereocenters. The number of ether oxygens (including phenoxy) is 1. The normalized spacial score (nSPS) is 11.3. The minimum absolute atomic E-state index is 0.0113. The van der Waals surface area contributed by atoms with Crippen LogP contribution < -0.4 is 10.1 Å². The molecule has 8 nitrogen and oxygen atoms in total. The molecule has 0 bridgehead atoms. The molecule has 3 rings (SSSR count). The van der Waals surface area contributed by atoms with Gasteiger partial charge in [-0.25, -0.2) is 12.7 Å². The van der Waals surface area contributed by atoms with Crippen LogP contribution in [0.5, 0.6) is 5.75 Å². The van der Waals surface area contributed by atoms with Gasteiger partial charge in [0.2, 0.25) is 27.5 Å². The molecule has 0 aliphatic carbocycles. The fourth-order valence-corrected chi connectivity index (χ4v) is 3.89. The molecule has 9 heteroatoms. The zero-order valence-electron chi connectivity index (χ0n) is 16.9. The molecule has 0 aliphatic heterocycles. The van der Waals surface area contributed by atoms with Crippen LogP contribution in [-0.2, 0) is 16.4 Å². The molecule has 1 N–H and O–H groups in total. The van der Waals surface area contributed by atoms with E-state index >= 15 is 0 Å². The van der Waals surface area contributed by atoms with Gasteiger partial charge in [0.25, 0.3) is 0 Å². The lowest BCUT2D eigenvalue weighted by Crippen LogP contribution is -2.22. The first kappa shape index (κ1) is 21.4. The highest BCUT2D eigenvalue weighted by Gasteiger charge is 2.24. The molecule has 0 atom stereocenters. The van der Waals surface area contributed by atoms with Crippen molar-refractivity contribution in [3.05, 3.63) is 59.8 Å². The molecule has 0 fully saturated rings. The number of nitrogens with zero attached hydrogens (tertiary/aromatic N) is 3. The van der Waals surface area contributed by atoms with Gasteiger partial charge in [-0.1, -0.05) is 30.3 Å². The predicted molar refractivity (Wildman–Crippen MR) is 113 cm³/mol. The summed E-state index contributed by atoms with van der Waals surface area (Å²) in [5.41, 5.74) is 1.67. The number of nitriles is 1. The van der Waals surface area contributed by atoms with Crippen molar-refractivity contribution in [2.45, 2.75) is 11.3 Å². The maximum absolute atomic E-state index is 12.6. The van der Waals surface area contributed by atoms with Gasteiger partial charge in [0, 0.05) is 26.2 Å². The monoisotopic (exact) mass is 426 g/mol. The number of benzene rings is 2. The lowest BCUT2D eigenvalue weighted by atomic mass is 10.1. The Labute approximate surface area is 175 Å². The highest BCUT2D eigenvalue weighted by atomic mass is 32.2. The van der Waals surface area contributed by atoms with E-state index in [9.17, 15) is 13.7 Å². The average molecular weight is 426 g/mol. The molecule has 0 spiro atoms. The van der Waals surface area contributed by atoms with Crippen molar-refractivity contribution in [1.82, 2.24) is 9.29 Å². The molecule has 2 aromatic carbocycles. The molecule has 156 valence electrons. The molecule has 0 saturated heterocycles. The zero-order valence-corrected chi connectivity index (χ0v) is 17.7. The third-order valence-corrected chi connectivity index (χ3v) is 6.28. The van der Waals surface area contributed by atoms with E-state index < -0.39 is 10.0 Å². The van der Waals surface area contributed by atoms with Crippen LogP contribution in [0.4, 0.5) is 5.88 Å². The number of hydrogen-bond donors (Lipinski definition) is 1. The number of aromatic nitrogens is 1. The highest BCUT2D eigenvalue weighted by molar-refractivity contribution is 7.89. The van der Waals surface area contributed by atoms with E-state index in [2.05, 4.69) is 10.3 Å². The van der Waals surface area contributed by atoms with Crippen molar-refractivity contribution >= 4 is 15.9 Å². The van der Waals surface area contributed by atoms with Gasteiger partial charge in [-0.2, -0.15) is 10.2 Å². The Morgan fingerprint density at radius 1 is 1.20 bits per heavy atom. The molecule has 0 saturated carbocycles. The summed E-state index contributed by atoms with van der Waals surface area (Å²) in [7, 11) is 0.534. The van der Waals surface area contributed by atoms with Crippen LogP contribution in [0.2, 0.25) is 0 Å². The predicted octanol–water partition coefficient (Wildman–Crippen LogP) is 3.13. The molecule has 1 heterocycles. The number of methoxy groups -OCH3 is 1. The number of nitrogens with one attached hydrogen (secondary N) is 1. The first-order chi connectivity index (χ1) is 14.4. The first-order valence-electron chi connectivity index (χ1n) is 9.16. The topological polar surface area (TPSA) is 108 Å². The number of hydrogen-bond acceptors (Lipinski definition) is 7. The molecule has 0 radical (unpaired) electrons. The average Bonchev–Trinajstić information content (AvgIpc) is 3.17. The van der Waals surface area contributed by atoms with Crippen LogP contribution in [0.3, 0.4) is 0 Å². The van der Waals surface area contributed by atoms with Crippen molar-refractivity contribution in [1.29, 1.82) is 5.26 Å². The van der Waals surface area contributed by atoms with Gasteiger partial charge in [0.1, 0.15) is 16.7 Å². The number of oxazole rings is 1. The van der Waals surface area contributed by atoms with Crippen LogP contribution in [-0.4, -0.2) is 45.5 Å². The summed E-state index contributed by atoms with van der Waals surface area (Å²) in [6.07, 6.45) is 0.746. The van der Waals surface area contributed by atoms with E-state index in [0.29, 0.717) is 12.1 Å². The van der Waals surface area contributed by atoms with Crippen LogP contribution >= 0.6 is 0 Å². The SMILES string of the molecule is COc1ccc(-c2nc(C#N)c(NCCc3ccccc3)o2)cc1S(=O)(=O)N(C)C. The standard InChI is InChI=1S/C21H22N4O4S/c1-25(2)30(26,27)19-13-16(9-10-18(19)28-3)20-24-17(14-22)21(29-20)23-12-11-15-7-5-4-6-8-15/h4-10,13,23H,11-12H2,1-3H3. The Kier molecular flexibility index (Phi) is 6.40. The molecule has 30 heavy (non-hydrogen) atoms. The second-order valence-corrected chi connectivity index (χ2v) is 8.74. The number of anilines is 1. The van der Waals surface area contributed by atoms with E-state index in [4.69, 9.17) is 9.15 Å². The van der Waals surface area contributed by atoms with Gasteiger partial charge in [-0.15, -0.1) is 0 Å². The van der Waals surface area contributed by atoms with Crippen molar-refractivity contribution in [3.63, 3.8) is 0 Å². The molecule has 0 aliphatic rings.